The molecular formula is C15H22N6O2S. The molecule has 24 heavy (non-hydrogen) atoms. The predicted molar refractivity (Wildman–Crippen MR) is 91.0 cm³/mol. The van der Waals surface area contributed by atoms with Crippen LogP contribution in [-0.2, 0) is 16.6 Å². The number of piperidine rings is 1. The molecule has 3 rings (SSSR count). The maximum Gasteiger partial charge on any atom is 0.211 e. The standard InChI is InChI=1S/C15H22N6O2S/c1-12-7-16-10-15(19-12)17-8-13-9-18-21(11-13)14-3-5-20(6-4-14)24(2,22)23/h7,9-11,14H,3-6,8H2,1-2H3,(H,17,19). The van der Waals surface area contributed by atoms with Gasteiger partial charge in [0.25, 0.3) is 0 Å². The number of anilines is 1. The van der Waals surface area contributed by atoms with Crippen LogP contribution >= 0.6 is 0 Å². The van der Waals surface area contributed by atoms with E-state index in [1.807, 2.05) is 24.0 Å². The second-order valence-corrected chi connectivity index (χ2v) is 8.10. The number of hydrogen-bond acceptors (Lipinski definition) is 6. The molecule has 3 heterocycles. The van der Waals surface area contributed by atoms with Crippen molar-refractivity contribution in [3.05, 3.63) is 36.0 Å². The summed E-state index contributed by atoms with van der Waals surface area (Å²) >= 11 is 0. The normalized spacial score (nSPS) is 17.1. The number of hydrogen-bond donors (Lipinski definition) is 1. The molecule has 0 unspecified atom stereocenters. The van der Waals surface area contributed by atoms with Gasteiger partial charge in [-0.2, -0.15) is 5.10 Å². The van der Waals surface area contributed by atoms with Crippen molar-refractivity contribution in [2.45, 2.75) is 32.4 Å². The maximum absolute atomic E-state index is 11.6. The summed E-state index contributed by atoms with van der Waals surface area (Å²) in [5.41, 5.74) is 1.93. The highest BCUT2D eigenvalue weighted by Gasteiger charge is 2.26. The van der Waals surface area contributed by atoms with Gasteiger partial charge in [-0.25, -0.2) is 17.7 Å². The molecule has 9 heteroatoms. The van der Waals surface area contributed by atoms with Gasteiger partial charge in [0.15, 0.2) is 0 Å². The number of nitrogens with zero attached hydrogens (tertiary/aromatic N) is 5. The summed E-state index contributed by atoms with van der Waals surface area (Å²) in [6, 6.07) is 0.246. The zero-order valence-electron chi connectivity index (χ0n) is 13.9. The summed E-state index contributed by atoms with van der Waals surface area (Å²) in [4.78, 5) is 8.46. The number of nitrogens with one attached hydrogen (secondary N) is 1. The van der Waals surface area contributed by atoms with Crippen molar-refractivity contribution in [1.29, 1.82) is 0 Å². The Hall–Kier alpha value is -2.00. The third-order valence-electron chi connectivity index (χ3n) is 4.15. The fraction of sp³-hybridized carbons (Fsp3) is 0.533. The summed E-state index contributed by atoms with van der Waals surface area (Å²) in [7, 11) is -3.09. The molecule has 1 aliphatic rings. The van der Waals surface area contributed by atoms with Crippen LogP contribution in [0.25, 0.3) is 0 Å². The quantitative estimate of drug-likeness (QED) is 0.871. The molecule has 130 valence electrons. The molecule has 1 N–H and O–H groups in total. The van der Waals surface area contributed by atoms with E-state index >= 15 is 0 Å². The van der Waals surface area contributed by atoms with E-state index in [1.165, 1.54) is 10.6 Å². The van der Waals surface area contributed by atoms with Crippen molar-refractivity contribution in [1.82, 2.24) is 24.1 Å². The molecule has 1 saturated heterocycles. The van der Waals surface area contributed by atoms with Crippen LogP contribution < -0.4 is 5.32 Å². The van der Waals surface area contributed by atoms with Crippen LogP contribution in [0.15, 0.2) is 24.8 Å². The summed E-state index contributed by atoms with van der Waals surface area (Å²) in [6.45, 7) is 3.63. The Kier molecular flexibility index (Phi) is 4.81. The fourth-order valence-corrected chi connectivity index (χ4v) is 3.72. The van der Waals surface area contributed by atoms with Crippen LogP contribution in [0.1, 0.15) is 30.1 Å². The minimum absolute atomic E-state index is 0.246. The molecular weight excluding hydrogens is 328 g/mol. The van der Waals surface area contributed by atoms with Gasteiger partial charge in [-0.1, -0.05) is 0 Å². The lowest BCUT2D eigenvalue weighted by molar-refractivity contribution is 0.262. The highest BCUT2D eigenvalue weighted by molar-refractivity contribution is 7.88. The third-order valence-corrected chi connectivity index (χ3v) is 5.45. The molecule has 0 aliphatic carbocycles. The molecule has 0 amide bonds. The Bertz CT molecular complexity index is 796. The fourth-order valence-electron chi connectivity index (χ4n) is 2.85. The zero-order valence-corrected chi connectivity index (χ0v) is 14.7. The van der Waals surface area contributed by atoms with E-state index in [0.29, 0.717) is 19.6 Å². The van der Waals surface area contributed by atoms with E-state index in [9.17, 15) is 8.42 Å². The van der Waals surface area contributed by atoms with Crippen LogP contribution in [0, 0.1) is 6.92 Å². The molecule has 0 bridgehead atoms. The second-order valence-electron chi connectivity index (χ2n) is 6.12. The minimum Gasteiger partial charge on any atom is -0.365 e. The van der Waals surface area contributed by atoms with E-state index in [2.05, 4.69) is 20.4 Å². The second kappa shape index (κ2) is 6.86. The van der Waals surface area contributed by atoms with E-state index < -0.39 is 10.0 Å². The molecule has 2 aromatic rings. The molecule has 0 aromatic carbocycles. The van der Waals surface area contributed by atoms with Gasteiger partial charge >= 0.3 is 0 Å². The Morgan fingerprint density at radius 3 is 2.67 bits per heavy atom. The lowest BCUT2D eigenvalue weighted by atomic mass is 10.1. The number of aromatic nitrogens is 4. The van der Waals surface area contributed by atoms with Crippen LogP contribution in [0.3, 0.4) is 0 Å². The van der Waals surface area contributed by atoms with Crippen LogP contribution in [0.2, 0.25) is 0 Å². The van der Waals surface area contributed by atoms with Gasteiger partial charge in [-0.3, -0.25) is 9.67 Å². The summed E-state index contributed by atoms with van der Waals surface area (Å²) in [5, 5.41) is 7.66. The molecule has 1 aliphatic heterocycles. The van der Waals surface area contributed by atoms with Crippen molar-refractivity contribution in [3.8, 4) is 0 Å². The maximum atomic E-state index is 11.6. The lowest BCUT2D eigenvalue weighted by Gasteiger charge is -2.30. The summed E-state index contributed by atoms with van der Waals surface area (Å²) in [5.74, 6) is 0.740. The molecule has 1 fully saturated rings. The van der Waals surface area contributed by atoms with E-state index in [0.717, 1.165) is 29.9 Å². The Morgan fingerprint density at radius 1 is 1.25 bits per heavy atom. The molecule has 0 radical (unpaired) electrons. The van der Waals surface area contributed by atoms with Gasteiger partial charge < -0.3 is 5.32 Å². The first kappa shape index (κ1) is 16.8. The van der Waals surface area contributed by atoms with Gasteiger partial charge in [-0.05, 0) is 19.8 Å². The van der Waals surface area contributed by atoms with Crippen molar-refractivity contribution in [2.24, 2.45) is 0 Å². The SMILES string of the molecule is Cc1cncc(NCc2cnn(C3CCN(S(C)(=O)=O)CC3)c2)n1. The highest BCUT2D eigenvalue weighted by atomic mass is 32.2. The van der Waals surface area contributed by atoms with E-state index in [1.54, 1.807) is 12.4 Å². The Labute approximate surface area is 142 Å². The van der Waals surface area contributed by atoms with Gasteiger partial charge in [0, 0.05) is 37.6 Å². The average molecular weight is 350 g/mol. The van der Waals surface area contributed by atoms with E-state index in [4.69, 9.17) is 0 Å². The first-order valence-corrected chi connectivity index (χ1v) is 9.77. The first-order valence-electron chi connectivity index (χ1n) is 7.92. The Morgan fingerprint density at radius 2 is 2.00 bits per heavy atom. The van der Waals surface area contributed by atoms with Gasteiger partial charge in [0.1, 0.15) is 5.82 Å². The highest BCUT2D eigenvalue weighted by Crippen LogP contribution is 2.23. The van der Waals surface area contributed by atoms with Crippen LogP contribution in [-0.4, -0.2) is 51.8 Å². The Balaban J connectivity index is 1.56. The molecule has 0 atom stereocenters. The monoisotopic (exact) mass is 350 g/mol. The third kappa shape index (κ3) is 4.09. The van der Waals surface area contributed by atoms with Gasteiger partial charge in [0.05, 0.1) is 30.4 Å². The smallest absolute Gasteiger partial charge is 0.211 e. The van der Waals surface area contributed by atoms with Crippen LogP contribution in [0.5, 0.6) is 0 Å². The molecule has 0 saturated carbocycles. The molecule has 8 nitrogen and oxygen atoms in total. The summed E-state index contributed by atoms with van der Waals surface area (Å²) in [6.07, 6.45) is 10.1. The largest absolute Gasteiger partial charge is 0.365 e. The van der Waals surface area contributed by atoms with Crippen molar-refractivity contribution in [2.75, 3.05) is 24.7 Å². The predicted octanol–water partition coefficient (Wildman–Crippen LogP) is 1.19. The average Bonchev–Trinajstić information content (AvgIpc) is 3.01. The minimum atomic E-state index is -3.09. The van der Waals surface area contributed by atoms with Gasteiger partial charge in [0.2, 0.25) is 10.0 Å². The van der Waals surface area contributed by atoms with Crippen molar-refractivity contribution >= 4 is 15.8 Å². The topological polar surface area (TPSA) is 93.0 Å². The van der Waals surface area contributed by atoms with Crippen molar-refractivity contribution < 1.29 is 8.42 Å². The van der Waals surface area contributed by atoms with Crippen molar-refractivity contribution in [3.63, 3.8) is 0 Å². The molecule has 2 aromatic heterocycles. The molecule has 0 spiro atoms. The van der Waals surface area contributed by atoms with Gasteiger partial charge in [-0.15, -0.1) is 0 Å². The zero-order chi connectivity index (χ0) is 17.2. The number of aryl methyl sites for hydroxylation is 1. The first-order chi connectivity index (χ1) is 11.4. The number of sulfonamides is 1. The van der Waals surface area contributed by atoms with E-state index in [-0.39, 0.29) is 6.04 Å². The summed E-state index contributed by atoms with van der Waals surface area (Å²) < 4.78 is 26.6. The number of rotatable bonds is 5. The van der Waals surface area contributed by atoms with Crippen LogP contribution in [0.4, 0.5) is 5.82 Å². The lowest BCUT2D eigenvalue weighted by Crippen LogP contribution is -2.38.